The number of aliphatic carboxylic acids is 4. The molecule has 4 unspecified atom stereocenters. The van der Waals surface area contributed by atoms with Gasteiger partial charge in [-0.05, 0) is 116 Å². The molecule has 0 spiro atoms. The molecule has 0 saturated carbocycles. The van der Waals surface area contributed by atoms with Crippen molar-refractivity contribution < 1.29 is 117 Å². The van der Waals surface area contributed by atoms with Crippen molar-refractivity contribution in [3.63, 3.8) is 0 Å². The van der Waals surface area contributed by atoms with Crippen molar-refractivity contribution in [1.29, 1.82) is 0 Å². The van der Waals surface area contributed by atoms with Gasteiger partial charge in [-0.15, -0.1) is 0 Å². The van der Waals surface area contributed by atoms with Gasteiger partial charge in [0.2, 0.25) is 0 Å². The molecule has 4 aliphatic heterocycles. The van der Waals surface area contributed by atoms with E-state index in [9.17, 15) is 78.0 Å². The third-order valence-electron chi connectivity index (χ3n) is 16.8. The minimum Gasteiger partial charge on any atom is -0.548 e. The Morgan fingerprint density at radius 2 is 0.418 bits per heavy atom. The van der Waals surface area contributed by atoms with Crippen LogP contribution in [0.3, 0.4) is 0 Å². The summed E-state index contributed by atoms with van der Waals surface area (Å²) in [6.07, 6.45) is 0. The number of benzene rings is 8. The van der Waals surface area contributed by atoms with Gasteiger partial charge >= 0.3 is 39.0 Å². The number of imide groups is 4. The Kier molecular flexibility index (Phi) is 22.7. The van der Waals surface area contributed by atoms with Crippen LogP contribution in [0.25, 0.3) is 43.1 Å². The minimum atomic E-state index is -1.45. The molecule has 4 heterocycles. The van der Waals surface area contributed by atoms with E-state index in [2.05, 4.69) is 63.7 Å². The zero-order valence-corrected chi connectivity index (χ0v) is 64.0. The fourth-order valence-electron chi connectivity index (χ4n) is 12.6. The molecule has 26 heteroatoms. The molecule has 12 rings (SSSR count). The number of halogens is 4. The Morgan fingerprint density at radius 1 is 0.276 bits per heavy atom. The van der Waals surface area contributed by atoms with Gasteiger partial charge in [-0.3, -0.25) is 58.0 Å². The summed E-state index contributed by atoms with van der Waals surface area (Å²) in [5.41, 5.74) is -0.878. The fraction of sp³-hybridized carbons (Fsp3) is 0.278. The molecule has 0 N–H and O–H groups in total. The minimum absolute atomic E-state index is 0. The molecule has 8 aromatic rings. The van der Waals surface area contributed by atoms with Crippen LogP contribution in [-0.4, -0.2) is 115 Å². The zero-order chi connectivity index (χ0) is 71.2. The summed E-state index contributed by atoms with van der Waals surface area (Å²) in [5, 5.41) is 51.9. The van der Waals surface area contributed by atoms with E-state index < -0.39 is 117 Å². The maximum atomic E-state index is 12.9. The van der Waals surface area contributed by atoms with Crippen molar-refractivity contribution in [3.05, 3.63) is 184 Å². The van der Waals surface area contributed by atoms with Crippen LogP contribution in [0, 0.1) is 21.7 Å². The fourth-order valence-corrected chi connectivity index (χ4v) is 14.5. The van der Waals surface area contributed by atoms with Gasteiger partial charge in [0, 0.05) is 83.9 Å². The van der Waals surface area contributed by atoms with Crippen molar-refractivity contribution >= 4 is 178 Å². The number of carboxylic acid groups (broad SMARTS) is 4. The first-order valence-electron chi connectivity index (χ1n) is 29.8. The number of amides is 8. The van der Waals surface area contributed by atoms with Gasteiger partial charge in [-0.1, -0.05) is 195 Å². The van der Waals surface area contributed by atoms with Crippen LogP contribution in [0.15, 0.2) is 139 Å². The predicted molar refractivity (Wildman–Crippen MR) is 362 cm³/mol. The van der Waals surface area contributed by atoms with E-state index in [1.54, 1.807) is 180 Å². The number of rotatable bonds is 8. The van der Waals surface area contributed by atoms with Gasteiger partial charge in [0.05, 0.1) is 48.0 Å². The van der Waals surface area contributed by atoms with Crippen molar-refractivity contribution in [2.45, 2.75) is 107 Å². The topological polar surface area (TPSA) is 310 Å². The molecule has 2 radical (unpaired) electrons. The van der Waals surface area contributed by atoms with Crippen molar-refractivity contribution in [2.75, 3.05) is 0 Å². The van der Waals surface area contributed by atoms with Crippen LogP contribution in [0.4, 0.5) is 0 Å². The van der Waals surface area contributed by atoms with Crippen LogP contribution in [0.1, 0.15) is 166 Å². The molecule has 98 heavy (non-hydrogen) atoms. The van der Waals surface area contributed by atoms with Gasteiger partial charge in [0.15, 0.2) is 0 Å². The van der Waals surface area contributed by atoms with Crippen LogP contribution in [0.2, 0.25) is 0 Å². The van der Waals surface area contributed by atoms with Crippen LogP contribution in [0.5, 0.6) is 0 Å². The Morgan fingerprint density at radius 3 is 0.551 bits per heavy atom. The van der Waals surface area contributed by atoms with Gasteiger partial charge in [0.1, 0.15) is 0 Å². The molecule has 510 valence electrons. The maximum absolute atomic E-state index is 12.9. The third kappa shape index (κ3) is 13.9. The second-order valence-corrected chi connectivity index (χ2v) is 31.0. The third-order valence-corrected chi connectivity index (χ3v) is 19.5. The van der Waals surface area contributed by atoms with E-state index >= 15 is 0 Å². The first-order valence-corrected chi connectivity index (χ1v) is 32.9. The molecule has 20 nitrogen and oxygen atoms in total. The summed E-state index contributed by atoms with van der Waals surface area (Å²) < 4.78 is 3.07. The number of carbonyl (C=O) groups excluding carboxylic acids is 12. The second kappa shape index (κ2) is 28.6. The Labute approximate surface area is 621 Å². The summed E-state index contributed by atoms with van der Waals surface area (Å²) in [6, 6.07) is 28.4. The normalized spacial score (nSPS) is 15.4. The molecule has 0 bridgehead atoms. The van der Waals surface area contributed by atoms with E-state index in [0.717, 1.165) is 59.0 Å². The van der Waals surface area contributed by atoms with Crippen molar-refractivity contribution in [3.8, 4) is 0 Å². The maximum Gasteiger partial charge on any atom is 2.00 e. The number of carboxylic acids is 4. The molecular formula is C72H60Br4N4O16Rh2. The van der Waals surface area contributed by atoms with Gasteiger partial charge in [-0.2, -0.15) is 0 Å². The van der Waals surface area contributed by atoms with E-state index in [4.69, 9.17) is 0 Å². The Hall–Kier alpha value is -7.59. The molecule has 8 amide bonds. The van der Waals surface area contributed by atoms with E-state index in [0.29, 0.717) is 66.1 Å². The van der Waals surface area contributed by atoms with Crippen molar-refractivity contribution in [2.24, 2.45) is 21.7 Å². The summed E-state index contributed by atoms with van der Waals surface area (Å²) in [7, 11) is 0. The first kappa shape index (κ1) is 77.8. The van der Waals surface area contributed by atoms with Gasteiger partial charge < -0.3 is 39.6 Å². The number of carbonyl (C=O) groups is 12. The molecule has 0 saturated heterocycles. The van der Waals surface area contributed by atoms with Gasteiger partial charge in [0.25, 0.3) is 47.3 Å². The SMILES string of the molecule is CC(C)(C)C(C(=O)[O-])N1C(=O)c2cccc3c(Br)ccc(c23)C1=O.CC(C)(C)C(C(=O)[O-])N1C(=O)c2cccc3c(Br)ccc(c23)C1=O.CC(C)(C)C(C(=O)[O-])N1C(=O)c2cccc3c(Br)ccc(c23)C1=O.CC(C)(C)C(C(=O)[O-])N1C(=O)c2cccc3c(Br)ccc(c23)C1=O.[Rh+2].[Rh+2]. The van der Waals surface area contributed by atoms with Crippen LogP contribution in [-0.2, 0) is 58.1 Å². The number of nitrogens with zero attached hydrogens (tertiary/aromatic N) is 4. The smallest absolute Gasteiger partial charge is 0.548 e. The molecule has 0 aliphatic carbocycles. The standard InChI is InChI=1S/4C18H16BrNO4.2Rh/c4*1-18(2,3)14(17(23)24)20-15(21)10-6-4-5-9-12(19)8-7-11(13(9)10)16(20)22;;/h4*4-8,14H,1-3H3,(H,23,24);;/q;;;;2*+2/p-4. The molecule has 0 aromatic heterocycles. The average molecular weight is 1760 g/mol. The molecule has 4 aliphatic rings. The van der Waals surface area contributed by atoms with Crippen molar-refractivity contribution in [1.82, 2.24) is 19.6 Å². The largest absolute Gasteiger partial charge is 2.00 e. The van der Waals surface area contributed by atoms with Crippen LogP contribution < -0.4 is 20.4 Å². The first-order chi connectivity index (χ1) is 44.6. The van der Waals surface area contributed by atoms with Gasteiger partial charge in [-0.25, -0.2) is 0 Å². The second-order valence-electron chi connectivity index (χ2n) is 27.6. The number of hydrogen-bond donors (Lipinski definition) is 0. The molecular weight excluding hydrogens is 1700 g/mol. The summed E-state index contributed by atoms with van der Waals surface area (Å²) in [4.78, 5) is 153. The number of hydrogen-bond acceptors (Lipinski definition) is 16. The average Bonchev–Trinajstić information content (AvgIpc) is 0.754. The monoisotopic (exact) mass is 1760 g/mol. The Balaban J connectivity index is 0.000000183. The molecule has 0 fully saturated rings. The molecule has 4 atom stereocenters. The Bertz CT molecular complexity index is 4110. The summed E-state index contributed by atoms with van der Waals surface area (Å²) in [6.45, 7) is 19.9. The van der Waals surface area contributed by atoms with E-state index in [-0.39, 0.29) is 39.0 Å². The summed E-state index contributed by atoms with van der Waals surface area (Å²) >= 11 is 13.7. The quantitative estimate of drug-likeness (QED) is 0.101. The van der Waals surface area contributed by atoms with Crippen LogP contribution >= 0.6 is 63.7 Å². The van der Waals surface area contributed by atoms with E-state index in [1.165, 1.54) is 0 Å². The zero-order valence-electron chi connectivity index (χ0n) is 54.4. The predicted octanol–water partition coefficient (Wildman–Crippen LogP) is 9.45. The van der Waals surface area contributed by atoms with E-state index in [1.807, 2.05) is 24.3 Å². The molecule has 8 aromatic carbocycles. The summed E-state index contributed by atoms with van der Waals surface area (Å²) in [5.74, 6) is -10.7.